The van der Waals surface area contributed by atoms with Gasteiger partial charge in [-0.25, -0.2) is 4.39 Å². The number of amides is 1. The fourth-order valence-corrected chi connectivity index (χ4v) is 1.55. The monoisotopic (exact) mass is 253 g/mol. The molecule has 1 aliphatic rings. The highest BCUT2D eigenvalue weighted by molar-refractivity contribution is 5.94. The molecule has 1 saturated carbocycles. The van der Waals surface area contributed by atoms with Crippen molar-refractivity contribution in [3.8, 4) is 5.75 Å². The van der Waals surface area contributed by atoms with Crippen molar-refractivity contribution in [3.63, 3.8) is 0 Å². The fraction of sp³-hybridized carbons (Fsp3) is 0.462. The summed E-state index contributed by atoms with van der Waals surface area (Å²) >= 11 is 0. The van der Waals surface area contributed by atoms with Crippen LogP contribution in [-0.2, 0) is 4.74 Å². The van der Waals surface area contributed by atoms with Crippen LogP contribution in [0.4, 0.5) is 4.39 Å². The summed E-state index contributed by atoms with van der Waals surface area (Å²) in [5.74, 6) is -0.735. The predicted octanol–water partition coefficient (Wildman–Crippen LogP) is 1.69. The molecule has 0 saturated heterocycles. The number of ether oxygens (including phenoxy) is 1. The molecule has 4 nitrogen and oxygen atoms in total. The number of hydrogen-bond donors (Lipinski definition) is 2. The Balaban J connectivity index is 1.72. The Morgan fingerprint density at radius 1 is 1.50 bits per heavy atom. The maximum Gasteiger partial charge on any atom is 0.254 e. The molecular formula is C13H16FNO3. The van der Waals surface area contributed by atoms with E-state index in [1.165, 1.54) is 25.0 Å². The lowest BCUT2D eigenvalue weighted by atomic mass is 10.2. The Morgan fingerprint density at radius 3 is 2.94 bits per heavy atom. The van der Waals surface area contributed by atoms with Gasteiger partial charge in [-0.05, 0) is 30.9 Å². The summed E-state index contributed by atoms with van der Waals surface area (Å²) in [5.41, 5.74) is -0.0741. The third-order valence-corrected chi connectivity index (χ3v) is 2.78. The summed E-state index contributed by atoms with van der Waals surface area (Å²) in [6.07, 6.45) is 2.45. The van der Waals surface area contributed by atoms with Gasteiger partial charge in [0.1, 0.15) is 11.6 Å². The zero-order valence-electron chi connectivity index (χ0n) is 9.99. The molecule has 0 radical (unpaired) electrons. The van der Waals surface area contributed by atoms with Crippen molar-refractivity contribution in [3.05, 3.63) is 29.6 Å². The van der Waals surface area contributed by atoms with Gasteiger partial charge in [0.25, 0.3) is 5.91 Å². The lowest BCUT2D eigenvalue weighted by molar-refractivity contribution is 0.0903. The quantitative estimate of drug-likeness (QED) is 0.758. The molecule has 0 aliphatic heterocycles. The number of nitrogens with one attached hydrogen (secondary N) is 1. The molecule has 1 aliphatic carbocycles. The van der Waals surface area contributed by atoms with Crippen molar-refractivity contribution < 1.29 is 19.0 Å². The zero-order valence-corrected chi connectivity index (χ0v) is 9.99. The number of carbonyl (C=O) groups excluding carboxylic acids is 1. The highest BCUT2D eigenvalue weighted by atomic mass is 19.1. The van der Waals surface area contributed by atoms with E-state index in [1.54, 1.807) is 0 Å². The van der Waals surface area contributed by atoms with Gasteiger partial charge in [-0.3, -0.25) is 4.79 Å². The second kappa shape index (κ2) is 5.82. The molecule has 0 atom stereocenters. The van der Waals surface area contributed by atoms with E-state index in [9.17, 15) is 9.18 Å². The first-order valence-corrected chi connectivity index (χ1v) is 6.01. The molecule has 1 fully saturated rings. The summed E-state index contributed by atoms with van der Waals surface area (Å²) in [5, 5.41) is 11.6. The minimum atomic E-state index is -0.730. The standard InChI is InChI=1S/C13H16FNO3/c14-12-7-10(16)3-4-11(12)13(17)15-5-6-18-8-9-1-2-9/h3-4,7,9,16H,1-2,5-6,8H2,(H,15,17). The van der Waals surface area contributed by atoms with Crippen molar-refractivity contribution in [2.75, 3.05) is 19.8 Å². The van der Waals surface area contributed by atoms with Crippen molar-refractivity contribution >= 4 is 5.91 Å². The predicted molar refractivity (Wildman–Crippen MR) is 63.9 cm³/mol. The van der Waals surface area contributed by atoms with E-state index in [0.29, 0.717) is 19.1 Å². The van der Waals surface area contributed by atoms with Crippen LogP contribution in [0.2, 0.25) is 0 Å². The van der Waals surface area contributed by atoms with Crippen LogP contribution in [0.25, 0.3) is 0 Å². The van der Waals surface area contributed by atoms with Crippen LogP contribution in [0.5, 0.6) is 5.75 Å². The van der Waals surface area contributed by atoms with Crippen molar-refractivity contribution in [2.45, 2.75) is 12.8 Å². The van der Waals surface area contributed by atoms with Crippen molar-refractivity contribution in [2.24, 2.45) is 5.92 Å². The first kappa shape index (κ1) is 12.8. The van der Waals surface area contributed by atoms with Gasteiger partial charge in [0.05, 0.1) is 12.2 Å². The lowest BCUT2D eigenvalue weighted by Gasteiger charge is -2.07. The third kappa shape index (κ3) is 3.70. The largest absolute Gasteiger partial charge is 0.508 e. The maximum atomic E-state index is 13.3. The summed E-state index contributed by atoms with van der Waals surface area (Å²) in [4.78, 5) is 11.6. The van der Waals surface area contributed by atoms with Crippen LogP contribution in [0.3, 0.4) is 0 Å². The fourth-order valence-electron chi connectivity index (χ4n) is 1.55. The molecule has 2 N–H and O–H groups in total. The number of carbonyl (C=O) groups is 1. The van der Waals surface area contributed by atoms with E-state index in [-0.39, 0.29) is 11.3 Å². The normalized spacial score (nSPS) is 14.5. The van der Waals surface area contributed by atoms with E-state index in [0.717, 1.165) is 12.7 Å². The molecule has 5 heteroatoms. The van der Waals surface area contributed by atoms with E-state index in [2.05, 4.69) is 5.32 Å². The van der Waals surface area contributed by atoms with Crippen LogP contribution in [-0.4, -0.2) is 30.8 Å². The van der Waals surface area contributed by atoms with Crippen LogP contribution < -0.4 is 5.32 Å². The number of phenolic OH excluding ortho intramolecular Hbond substituents is 1. The first-order chi connectivity index (χ1) is 8.66. The second-order valence-corrected chi connectivity index (χ2v) is 4.44. The Morgan fingerprint density at radius 2 is 2.28 bits per heavy atom. The van der Waals surface area contributed by atoms with Crippen LogP contribution in [0, 0.1) is 11.7 Å². The van der Waals surface area contributed by atoms with Gasteiger partial charge in [0, 0.05) is 19.2 Å². The maximum absolute atomic E-state index is 13.3. The lowest BCUT2D eigenvalue weighted by Crippen LogP contribution is -2.28. The van der Waals surface area contributed by atoms with Gasteiger partial charge in [-0.15, -0.1) is 0 Å². The molecule has 2 rings (SSSR count). The Kier molecular flexibility index (Phi) is 4.15. The van der Waals surface area contributed by atoms with Crippen LogP contribution in [0.1, 0.15) is 23.2 Å². The van der Waals surface area contributed by atoms with E-state index >= 15 is 0 Å². The highest BCUT2D eigenvalue weighted by Crippen LogP contribution is 2.28. The van der Waals surface area contributed by atoms with Crippen LogP contribution in [0.15, 0.2) is 18.2 Å². The Bertz CT molecular complexity index is 432. The van der Waals surface area contributed by atoms with Gasteiger partial charge in [-0.2, -0.15) is 0 Å². The molecule has 98 valence electrons. The number of rotatable bonds is 6. The molecule has 0 heterocycles. The summed E-state index contributed by atoms with van der Waals surface area (Å²) in [7, 11) is 0. The average molecular weight is 253 g/mol. The third-order valence-electron chi connectivity index (χ3n) is 2.78. The molecule has 0 unspecified atom stereocenters. The van der Waals surface area contributed by atoms with Crippen molar-refractivity contribution in [1.29, 1.82) is 0 Å². The summed E-state index contributed by atoms with van der Waals surface area (Å²) in [6, 6.07) is 3.45. The van der Waals surface area contributed by atoms with Gasteiger partial charge >= 0.3 is 0 Å². The smallest absolute Gasteiger partial charge is 0.254 e. The molecule has 0 spiro atoms. The van der Waals surface area contributed by atoms with E-state index < -0.39 is 11.7 Å². The second-order valence-electron chi connectivity index (χ2n) is 4.44. The zero-order chi connectivity index (χ0) is 13.0. The van der Waals surface area contributed by atoms with Crippen molar-refractivity contribution in [1.82, 2.24) is 5.32 Å². The van der Waals surface area contributed by atoms with E-state index in [1.807, 2.05) is 0 Å². The Hall–Kier alpha value is -1.62. The number of aromatic hydroxyl groups is 1. The molecule has 1 amide bonds. The molecule has 0 aromatic heterocycles. The number of benzene rings is 1. The molecule has 18 heavy (non-hydrogen) atoms. The molecule has 1 aromatic carbocycles. The minimum absolute atomic E-state index is 0.0741. The first-order valence-electron chi connectivity index (χ1n) is 6.01. The van der Waals surface area contributed by atoms with Crippen LogP contribution >= 0.6 is 0 Å². The number of phenols is 1. The summed E-state index contributed by atoms with van der Waals surface area (Å²) in [6.45, 7) is 1.53. The van der Waals surface area contributed by atoms with E-state index in [4.69, 9.17) is 9.84 Å². The number of halogens is 1. The Labute approximate surface area is 105 Å². The van der Waals surface area contributed by atoms with Gasteiger partial charge in [0.2, 0.25) is 0 Å². The average Bonchev–Trinajstić information content (AvgIpc) is 3.12. The summed E-state index contributed by atoms with van der Waals surface area (Å²) < 4.78 is 18.7. The topological polar surface area (TPSA) is 58.6 Å². The minimum Gasteiger partial charge on any atom is -0.508 e. The van der Waals surface area contributed by atoms with Gasteiger partial charge in [0.15, 0.2) is 0 Å². The highest BCUT2D eigenvalue weighted by Gasteiger charge is 2.20. The van der Waals surface area contributed by atoms with Gasteiger partial charge in [-0.1, -0.05) is 0 Å². The molecular weight excluding hydrogens is 237 g/mol. The SMILES string of the molecule is O=C(NCCOCC1CC1)c1ccc(O)cc1F. The van der Waals surface area contributed by atoms with Gasteiger partial charge < -0.3 is 15.2 Å². The molecule has 0 bridgehead atoms. The molecule has 1 aromatic rings. The number of hydrogen-bond acceptors (Lipinski definition) is 3.